The van der Waals surface area contributed by atoms with Gasteiger partial charge in [-0.2, -0.15) is 0 Å². The second kappa shape index (κ2) is 8.88. The van der Waals surface area contributed by atoms with Crippen molar-refractivity contribution in [2.24, 2.45) is 5.92 Å². The van der Waals surface area contributed by atoms with Crippen LogP contribution in [0.5, 0.6) is 0 Å². The second-order valence-electron chi connectivity index (χ2n) is 8.06. The van der Waals surface area contributed by atoms with E-state index in [9.17, 15) is 9.59 Å². The number of benzene rings is 1. The van der Waals surface area contributed by atoms with E-state index in [0.717, 1.165) is 41.8 Å². The number of amides is 2. The topological polar surface area (TPSA) is 62.3 Å². The number of thioether (sulfide) groups is 1. The van der Waals surface area contributed by atoms with Crippen molar-refractivity contribution < 1.29 is 9.59 Å². The number of carbonyl (C=O) groups is 2. The Labute approximate surface area is 180 Å². The van der Waals surface area contributed by atoms with Gasteiger partial charge in [0.2, 0.25) is 11.8 Å². The number of rotatable bonds is 6. The van der Waals surface area contributed by atoms with Gasteiger partial charge in [-0.05, 0) is 30.5 Å². The van der Waals surface area contributed by atoms with Crippen LogP contribution in [0, 0.1) is 5.92 Å². The third-order valence-corrected chi connectivity index (χ3v) is 7.45. The van der Waals surface area contributed by atoms with Crippen molar-refractivity contribution >= 4 is 40.0 Å². The first-order valence-electron chi connectivity index (χ1n) is 10.3. The van der Waals surface area contributed by atoms with Crippen LogP contribution in [0.2, 0.25) is 0 Å². The molecule has 0 bridgehead atoms. The van der Waals surface area contributed by atoms with Crippen LogP contribution < -0.4 is 5.32 Å². The maximum absolute atomic E-state index is 12.8. The first-order chi connectivity index (χ1) is 14.0. The van der Waals surface area contributed by atoms with E-state index in [1.54, 1.807) is 0 Å². The SMILES string of the molecule is CC(C)Sc1ccc(CC(=O)N2CCc3nc(NC(=O)C4CCC4)sc3C2)cc1. The number of thiazole rings is 1. The zero-order valence-corrected chi connectivity index (χ0v) is 18.6. The molecule has 2 aliphatic rings. The Morgan fingerprint density at radius 3 is 2.69 bits per heavy atom. The molecule has 154 valence electrons. The lowest BCUT2D eigenvalue weighted by Crippen LogP contribution is -2.36. The molecule has 29 heavy (non-hydrogen) atoms. The highest BCUT2D eigenvalue weighted by Gasteiger charge is 2.28. The van der Waals surface area contributed by atoms with Gasteiger partial charge in [-0.15, -0.1) is 11.8 Å². The summed E-state index contributed by atoms with van der Waals surface area (Å²) in [7, 11) is 0. The number of aromatic nitrogens is 1. The number of hydrogen-bond acceptors (Lipinski definition) is 5. The minimum absolute atomic E-state index is 0.0920. The van der Waals surface area contributed by atoms with E-state index in [0.29, 0.717) is 29.9 Å². The van der Waals surface area contributed by atoms with Crippen LogP contribution in [-0.4, -0.2) is 33.5 Å². The van der Waals surface area contributed by atoms with Gasteiger partial charge in [0.05, 0.1) is 18.7 Å². The van der Waals surface area contributed by atoms with Crippen LogP contribution in [0.1, 0.15) is 49.2 Å². The number of hydrogen-bond donors (Lipinski definition) is 1. The molecule has 2 heterocycles. The molecule has 0 atom stereocenters. The molecule has 5 nitrogen and oxygen atoms in total. The summed E-state index contributed by atoms with van der Waals surface area (Å²) in [5.41, 5.74) is 2.07. The molecule has 1 aromatic heterocycles. The molecule has 0 saturated heterocycles. The number of anilines is 1. The van der Waals surface area contributed by atoms with E-state index >= 15 is 0 Å². The molecular formula is C22H27N3O2S2. The lowest BCUT2D eigenvalue weighted by molar-refractivity contribution is -0.131. The number of carbonyl (C=O) groups excluding carboxylic acids is 2. The van der Waals surface area contributed by atoms with E-state index < -0.39 is 0 Å². The van der Waals surface area contributed by atoms with E-state index in [1.165, 1.54) is 16.2 Å². The van der Waals surface area contributed by atoms with Gasteiger partial charge in [-0.3, -0.25) is 9.59 Å². The molecule has 1 aliphatic carbocycles. The second-order valence-corrected chi connectivity index (χ2v) is 10.8. The Morgan fingerprint density at radius 1 is 1.28 bits per heavy atom. The molecule has 1 aromatic carbocycles. The summed E-state index contributed by atoms with van der Waals surface area (Å²) in [6, 6.07) is 8.31. The third kappa shape index (κ3) is 5.01. The maximum atomic E-state index is 12.8. The van der Waals surface area contributed by atoms with E-state index in [-0.39, 0.29) is 17.7 Å². The summed E-state index contributed by atoms with van der Waals surface area (Å²) in [5, 5.41) is 4.20. The molecule has 0 radical (unpaired) electrons. The van der Waals surface area contributed by atoms with Crippen LogP contribution >= 0.6 is 23.1 Å². The van der Waals surface area contributed by atoms with Crippen molar-refractivity contribution in [3.05, 3.63) is 40.4 Å². The predicted molar refractivity (Wildman–Crippen MR) is 118 cm³/mol. The Balaban J connectivity index is 1.34. The average molecular weight is 430 g/mol. The summed E-state index contributed by atoms with van der Waals surface area (Å²) in [5.74, 6) is 0.391. The fourth-order valence-electron chi connectivity index (χ4n) is 3.58. The van der Waals surface area contributed by atoms with Gasteiger partial charge in [0.15, 0.2) is 5.13 Å². The maximum Gasteiger partial charge on any atom is 0.229 e. The Bertz CT molecular complexity index is 888. The summed E-state index contributed by atoms with van der Waals surface area (Å²) < 4.78 is 0. The zero-order chi connectivity index (χ0) is 20.4. The molecule has 1 fully saturated rings. The molecule has 0 spiro atoms. The molecule has 4 rings (SSSR count). The Kier molecular flexibility index (Phi) is 6.25. The van der Waals surface area contributed by atoms with Gasteiger partial charge in [-0.25, -0.2) is 4.98 Å². The summed E-state index contributed by atoms with van der Waals surface area (Å²) >= 11 is 3.34. The van der Waals surface area contributed by atoms with Crippen molar-refractivity contribution in [2.45, 2.75) is 62.6 Å². The standard InChI is InChI=1S/C22H27N3O2S2/c1-14(2)28-17-8-6-15(7-9-17)12-20(26)25-11-10-18-19(13-25)29-22(23-18)24-21(27)16-4-3-5-16/h6-9,14,16H,3-5,10-13H2,1-2H3,(H,23,24,27). The van der Waals surface area contributed by atoms with Gasteiger partial charge in [0.1, 0.15) is 0 Å². The summed E-state index contributed by atoms with van der Waals surface area (Å²) in [6.07, 6.45) is 4.28. The van der Waals surface area contributed by atoms with Crippen LogP contribution in [0.15, 0.2) is 29.2 Å². The fraction of sp³-hybridized carbons (Fsp3) is 0.500. The van der Waals surface area contributed by atoms with Crippen molar-refractivity contribution in [3.8, 4) is 0 Å². The third-order valence-electron chi connectivity index (χ3n) is 5.44. The predicted octanol–water partition coefficient (Wildman–Crippen LogP) is 4.51. The van der Waals surface area contributed by atoms with Crippen molar-refractivity contribution in [1.82, 2.24) is 9.88 Å². The Hall–Kier alpha value is -1.86. The van der Waals surface area contributed by atoms with Gasteiger partial charge in [0, 0.05) is 33.9 Å². The highest BCUT2D eigenvalue weighted by Crippen LogP contribution is 2.31. The molecule has 1 aliphatic heterocycles. The summed E-state index contributed by atoms with van der Waals surface area (Å²) in [4.78, 5) is 33.8. The molecule has 1 saturated carbocycles. The van der Waals surface area contributed by atoms with Crippen molar-refractivity contribution in [1.29, 1.82) is 0 Å². The minimum atomic E-state index is 0.0920. The van der Waals surface area contributed by atoms with Crippen LogP contribution in [0.4, 0.5) is 5.13 Å². The highest BCUT2D eigenvalue weighted by atomic mass is 32.2. The molecule has 7 heteroatoms. The van der Waals surface area contributed by atoms with E-state index in [4.69, 9.17) is 0 Å². The quantitative estimate of drug-likeness (QED) is 0.687. The summed E-state index contributed by atoms with van der Waals surface area (Å²) in [6.45, 7) is 5.63. The molecular weight excluding hydrogens is 402 g/mol. The van der Waals surface area contributed by atoms with Gasteiger partial charge < -0.3 is 10.2 Å². The van der Waals surface area contributed by atoms with Gasteiger partial charge >= 0.3 is 0 Å². The van der Waals surface area contributed by atoms with Gasteiger partial charge in [-0.1, -0.05) is 43.7 Å². The highest BCUT2D eigenvalue weighted by molar-refractivity contribution is 7.99. The van der Waals surface area contributed by atoms with Crippen molar-refractivity contribution in [3.63, 3.8) is 0 Å². The van der Waals surface area contributed by atoms with E-state index in [1.807, 2.05) is 16.7 Å². The minimum Gasteiger partial charge on any atom is -0.337 e. The molecule has 0 unspecified atom stereocenters. The average Bonchev–Trinajstić information content (AvgIpc) is 3.02. The lowest BCUT2D eigenvalue weighted by atomic mass is 9.85. The zero-order valence-electron chi connectivity index (χ0n) is 16.9. The van der Waals surface area contributed by atoms with Gasteiger partial charge in [0.25, 0.3) is 0 Å². The normalized spacial score (nSPS) is 16.4. The fourth-order valence-corrected chi connectivity index (χ4v) is 5.45. The van der Waals surface area contributed by atoms with Crippen LogP contribution in [0.25, 0.3) is 0 Å². The number of nitrogens with one attached hydrogen (secondary N) is 1. The first kappa shape index (κ1) is 20.4. The first-order valence-corrected chi connectivity index (χ1v) is 12.0. The van der Waals surface area contributed by atoms with Crippen molar-refractivity contribution in [2.75, 3.05) is 11.9 Å². The van der Waals surface area contributed by atoms with Crippen LogP contribution in [-0.2, 0) is 29.0 Å². The smallest absolute Gasteiger partial charge is 0.229 e. The number of nitrogens with zero attached hydrogens (tertiary/aromatic N) is 2. The number of fused-ring (bicyclic) bond motifs is 1. The Morgan fingerprint density at radius 2 is 2.03 bits per heavy atom. The molecule has 2 aromatic rings. The van der Waals surface area contributed by atoms with Crippen LogP contribution in [0.3, 0.4) is 0 Å². The molecule has 1 N–H and O–H groups in total. The van der Waals surface area contributed by atoms with E-state index in [2.05, 4.69) is 48.4 Å². The largest absolute Gasteiger partial charge is 0.337 e. The monoisotopic (exact) mass is 429 g/mol. The lowest BCUT2D eigenvalue weighted by Gasteiger charge is -2.26. The molecule has 2 amide bonds.